The highest BCUT2D eigenvalue weighted by Crippen LogP contribution is 2.40. The number of rotatable bonds is 7. The number of aliphatic hydroxyl groups is 1. The Morgan fingerprint density at radius 3 is 2.38 bits per heavy atom. The van der Waals surface area contributed by atoms with Crippen molar-refractivity contribution in [3.05, 3.63) is 64.2 Å². The third kappa shape index (κ3) is 4.72. The molecule has 1 aromatic carbocycles. The lowest BCUT2D eigenvalue weighted by atomic mass is 9.93. The number of Topliss-reactive ketones (excluding diaryl/α,β-unsaturated/α-hetero) is 1. The summed E-state index contributed by atoms with van der Waals surface area (Å²) in [7, 11) is 3.94. The van der Waals surface area contributed by atoms with Crippen molar-refractivity contribution in [1.82, 2.24) is 19.8 Å². The van der Waals surface area contributed by atoms with Crippen molar-refractivity contribution in [2.75, 3.05) is 27.2 Å². The number of nitrogens with zero attached hydrogens (tertiary/aromatic N) is 4. The molecule has 0 bridgehead atoms. The van der Waals surface area contributed by atoms with E-state index in [0.717, 1.165) is 12.1 Å². The van der Waals surface area contributed by atoms with E-state index in [1.54, 1.807) is 18.7 Å². The number of ketones is 1. The fourth-order valence-electron chi connectivity index (χ4n) is 4.04. The highest BCUT2D eigenvalue weighted by atomic mass is 16.3. The highest BCUT2D eigenvalue weighted by molar-refractivity contribution is 6.46. The summed E-state index contributed by atoms with van der Waals surface area (Å²) in [6, 6.07) is 7.26. The monoisotopic (exact) mass is 436 g/mol. The second-order valence-corrected chi connectivity index (χ2v) is 8.89. The van der Waals surface area contributed by atoms with E-state index < -0.39 is 17.7 Å². The number of aliphatic hydroxyl groups excluding tert-OH is 1. The van der Waals surface area contributed by atoms with Gasteiger partial charge in [-0.25, -0.2) is 9.97 Å². The largest absolute Gasteiger partial charge is 0.507 e. The smallest absolute Gasteiger partial charge is 0.295 e. The van der Waals surface area contributed by atoms with Gasteiger partial charge in [0.15, 0.2) is 0 Å². The average molecular weight is 437 g/mol. The van der Waals surface area contributed by atoms with Gasteiger partial charge >= 0.3 is 0 Å². The molecule has 0 unspecified atom stereocenters. The van der Waals surface area contributed by atoms with Crippen LogP contribution in [-0.2, 0) is 9.59 Å². The van der Waals surface area contributed by atoms with Gasteiger partial charge in [-0.3, -0.25) is 9.59 Å². The molecule has 0 spiro atoms. The number of benzene rings is 1. The van der Waals surface area contributed by atoms with Gasteiger partial charge in [-0.1, -0.05) is 38.1 Å². The molecule has 0 saturated carbocycles. The molecule has 1 aromatic heterocycles. The fraction of sp³-hybridized carbons (Fsp3) is 0.440. The van der Waals surface area contributed by atoms with Crippen molar-refractivity contribution in [2.45, 2.75) is 46.1 Å². The van der Waals surface area contributed by atoms with Gasteiger partial charge < -0.3 is 14.9 Å². The molecule has 1 N–H and O–H groups in total. The Kier molecular flexibility index (Phi) is 7.09. The highest BCUT2D eigenvalue weighted by Gasteiger charge is 2.46. The zero-order valence-electron chi connectivity index (χ0n) is 19.7. The van der Waals surface area contributed by atoms with Crippen LogP contribution in [0, 0.1) is 13.8 Å². The summed E-state index contributed by atoms with van der Waals surface area (Å²) in [6.45, 7) is 8.94. The summed E-state index contributed by atoms with van der Waals surface area (Å²) in [5, 5.41) is 11.2. The maximum absolute atomic E-state index is 13.1. The van der Waals surface area contributed by atoms with Crippen LogP contribution >= 0.6 is 0 Å². The predicted octanol–water partition coefficient (Wildman–Crippen LogP) is 3.59. The van der Waals surface area contributed by atoms with Crippen molar-refractivity contribution in [2.24, 2.45) is 0 Å². The van der Waals surface area contributed by atoms with Crippen molar-refractivity contribution in [3.63, 3.8) is 0 Å². The molecule has 1 atom stereocenters. The van der Waals surface area contributed by atoms with Crippen molar-refractivity contribution >= 4 is 17.4 Å². The number of likely N-dealkylation sites (tertiary alicyclic amines) is 1. The SMILES string of the molecule is Cc1ncc(/C(O)=C2\C(=O)C(=O)N(CCCN(C)C)[C@@H]2c2ccc(C(C)C)cc2)c(C)n1. The normalized spacial score (nSPS) is 18.2. The molecule has 3 rings (SSSR count). The Morgan fingerprint density at radius 1 is 1.16 bits per heavy atom. The van der Waals surface area contributed by atoms with Gasteiger partial charge in [-0.2, -0.15) is 0 Å². The number of hydrogen-bond acceptors (Lipinski definition) is 6. The molecule has 1 aliphatic heterocycles. The summed E-state index contributed by atoms with van der Waals surface area (Å²) in [5.41, 5.74) is 2.98. The van der Waals surface area contributed by atoms with E-state index in [4.69, 9.17) is 0 Å². The van der Waals surface area contributed by atoms with Crippen molar-refractivity contribution < 1.29 is 14.7 Å². The van der Waals surface area contributed by atoms with E-state index in [-0.39, 0.29) is 11.3 Å². The van der Waals surface area contributed by atoms with Crippen molar-refractivity contribution in [3.8, 4) is 0 Å². The van der Waals surface area contributed by atoms with Gasteiger partial charge in [0.05, 0.1) is 22.9 Å². The second kappa shape index (κ2) is 9.61. The molecule has 7 heteroatoms. The maximum atomic E-state index is 13.1. The maximum Gasteiger partial charge on any atom is 0.295 e. The summed E-state index contributed by atoms with van der Waals surface area (Å²) >= 11 is 0. The Morgan fingerprint density at radius 2 is 1.81 bits per heavy atom. The predicted molar refractivity (Wildman–Crippen MR) is 124 cm³/mol. The first-order valence-electron chi connectivity index (χ1n) is 11.0. The molecule has 1 amide bonds. The molecule has 32 heavy (non-hydrogen) atoms. The Balaban J connectivity index is 2.12. The van der Waals surface area contributed by atoms with Gasteiger partial charge in [0, 0.05) is 12.7 Å². The summed E-state index contributed by atoms with van der Waals surface area (Å²) in [6.07, 6.45) is 2.22. The number of carbonyl (C=O) groups excluding carboxylic acids is 2. The van der Waals surface area contributed by atoms with E-state index in [1.165, 1.54) is 11.8 Å². The van der Waals surface area contributed by atoms with E-state index in [0.29, 0.717) is 36.0 Å². The Bertz CT molecular complexity index is 1040. The number of aryl methyl sites for hydroxylation is 2. The quantitative estimate of drug-likeness (QED) is 0.406. The molecule has 2 aromatic rings. The van der Waals surface area contributed by atoms with E-state index >= 15 is 0 Å². The third-order valence-corrected chi connectivity index (χ3v) is 5.82. The molecular formula is C25H32N4O3. The van der Waals surface area contributed by atoms with Crippen LogP contribution in [0.4, 0.5) is 0 Å². The minimum atomic E-state index is -0.676. The van der Waals surface area contributed by atoms with Gasteiger partial charge in [-0.15, -0.1) is 0 Å². The minimum Gasteiger partial charge on any atom is -0.507 e. The first-order chi connectivity index (χ1) is 15.1. The number of carbonyl (C=O) groups is 2. The topological polar surface area (TPSA) is 86.6 Å². The molecule has 1 saturated heterocycles. The van der Waals surface area contributed by atoms with Crippen LogP contribution in [0.5, 0.6) is 0 Å². The lowest BCUT2D eigenvalue weighted by Crippen LogP contribution is -2.32. The molecule has 1 fully saturated rings. The van der Waals surface area contributed by atoms with E-state index in [1.807, 2.05) is 43.3 Å². The second-order valence-electron chi connectivity index (χ2n) is 8.89. The number of aromatic nitrogens is 2. The average Bonchev–Trinajstić information content (AvgIpc) is 2.98. The molecular weight excluding hydrogens is 404 g/mol. The van der Waals surface area contributed by atoms with Crippen LogP contribution in [0.3, 0.4) is 0 Å². The molecule has 2 heterocycles. The van der Waals surface area contributed by atoms with E-state index in [9.17, 15) is 14.7 Å². The Labute approximate surface area is 189 Å². The van der Waals surface area contributed by atoms with Crippen molar-refractivity contribution in [1.29, 1.82) is 0 Å². The standard InChI is InChI=1S/C25H32N4O3/c1-15(2)18-8-10-19(11-9-18)22-21(23(30)20-14-26-17(4)27-16(20)3)24(31)25(32)29(22)13-7-12-28(5)6/h8-11,14-15,22,30H,7,12-13H2,1-6H3/b23-21+/t22-/m1/s1. The van der Waals surface area contributed by atoms with Crippen LogP contribution in [0.2, 0.25) is 0 Å². The van der Waals surface area contributed by atoms with Crippen LogP contribution < -0.4 is 0 Å². The summed E-state index contributed by atoms with van der Waals surface area (Å²) in [4.78, 5) is 38.2. The molecule has 0 aliphatic carbocycles. The zero-order valence-corrected chi connectivity index (χ0v) is 19.7. The van der Waals surface area contributed by atoms with Crippen LogP contribution in [0.25, 0.3) is 5.76 Å². The number of hydrogen-bond donors (Lipinski definition) is 1. The third-order valence-electron chi connectivity index (χ3n) is 5.82. The van der Waals surface area contributed by atoms with Gasteiger partial charge in [-0.05, 0) is 58.0 Å². The number of amides is 1. The molecule has 7 nitrogen and oxygen atoms in total. The minimum absolute atomic E-state index is 0.0905. The van der Waals surface area contributed by atoms with Crippen LogP contribution in [0.1, 0.15) is 60.4 Å². The summed E-state index contributed by atoms with van der Waals surface area (Å²) < 4.78 is 0. The zero-order chi connectivity index (χ0) is 23.6. The first kappa shape index (κ1) is 23.6. The van der Waals surface area contributed by atoms with Crippen LogP contribution in [-0.4, -0.2) is 63.7 Å². The molecule has 0 radical (unpaired) electrons. The lowest BCUT2D eigenvalue weighted by Gasteiger charge is -2.26. The lowest BCUT2D eigenvalue weighted by molar-refractivity contribution is -0.139. The molecule has 170 valence electrons. The van der Waals surface area contributed by atoms with Gasteiger partial charge in [0.2, 0.25) is 0 Å². The first-order valence-corrected chi connectivity index (χ1v) is 11.0. The van der Waals surface area contributed by atoms with E-state index in [2.05, 4.69) is 23.8 Å². The van der Waals surface area contributed by atoms with Crippen LogP contribution in [0.15, 0.2) is 36.0 Å². The summed E-state index contributed by atoms with van der Waals surface area (Å²) in [5.74, 6) is -0.556. The fourth-order valence-corrected chi connectivity index (χ4v) is 4.04. The van der Waals surface area contributed by atoms with Gasteiger partial charge in [0.1, 0.15) is 11.6 Å². The Hall–Kier alpha value is -3.06. The molecule has 1 aliphatic rings. The van der Waals surface area contributed by atoms with Gasteiger partial charge in [0.25, 0.3) is 11.7 Å².